The summed E-state index contributed by atoms with van der Waals surface area (Å²) in [5, 5.41) is 5.40. The predicted octanol–water partition coefficient (Wildman–Crippen LogP) is 2.05. The number of amides is 2. The highest BCUT2D eigenvalue weighted by Gasteiger charge is 2.23. The molecule has 1 aliphatic carbocycles. The van der Waals surface area contributed by atoms with Crippen LogP contribution in [0.15, 0.2) is 24.3 Å². The number of hydrogen-bond acceptors (Lipinski definition) is 5. The molecule has 27 heavy (non-hydrogen) atoms. The zero-order valence-electron chi connectivity index (χ0n) is 16.0. The van der Waals surface area contributed by atoms with Gasteiger partial charge in [-0.15, -0.1) is 0 Å². The molecule has 2 amide bonds. The molecule has 1 aromatic carbocycles. The van der Waals surface area contributed by atoms with Crippen molar-refractivity contribution in [2.24, 2.45) is 5.92 Å². The zero-order chi connectivity index (χ0) is 19.6. The number of carbonyl (C=O) groups excluding carboxylic acids is 3. The average Bonchev–Trinajstić information content (AvgIpc) is 2.67. The van der Waals surface area contributed by atoms with Crippen molar-refractivity contribution >= 4 is 17.8 Å². The van der Waals surface area contributed by atoms with Gasteiger partial charge in [0.2, 0.25) is 0 Å². The molecule has 0 spiro atoms. The minimum absolute atomic E-state index is 0.139. The number of hydrogen-bond donors (Lipinski definition) is 2. The third-order valence-electron chi connectivity index (χ3n) is 4.65. The van der Waals surface area contributed by atoms with E-state index in [1.165, 1.54) is 6.42 Å². The molecule has 1 aliphatic rings. The van der Waals surface area contributed by atoms with Crippen molar-refractivity contribution < 1.29 is 23.9 Å². The van der Waals surface area contributed by atoms with Crippen molar-refractivity contribution in [2.75, 3.05) is 19.8 Å². The highest BCUT2D eigenvalue weighted by atomic mass is 16.5. The molecule has 0 saturated heterocycles. The first-order valence-electron chi connectivity index (χ1n) is 9.46. The van der Waals surface area contributed by atoms with Gasteiger partial charge in [0.15, 0.2) is 6.61 Å². The van der Waals surface area contributed by atoms with E-state index in [1.54, 1.807) is 24.3 Å². The molecule has 7 nitrogen and oxygen atoms in total. The summed E-state index contributed by atoms with van der Waals surface area (Å²) in [5.41, 5.74) is 0.344. The second-order valence-corrected chi connectivity index (χ2v) is 6.71. The zero-order valence-corrected chi connectivity index (χ0v) is 16.0. The van der Waals surface area contributed by atoms with E-state index in [1.807, 2.05) is 6.92 Å². The maximum Gasteiger partial charge on any atom is 0.325 e. The van der Waals surface area contributed by atoms with Gasteiger partial charge in [-0.1, -0.05) is 31.9 Å². The van der Waals surface area contributed by atoms with Gasteiger partial charge in [-0.2, -0.15) is 0 Å². The number of rotatable bonds is 8. The van der Waals surface area contributed by atoms with Crippen LogP contribution < -0.4 is 15.4 Å². The summed E-state index contributed by atoms with van der Waals surface area (Å²) in [6, 6.07) is 6.92. The topological polar surface area (TPSA) is 93.7 Å². The van der Waals surface area contributed by atoms with E-state index in [4.69, 9.17) is 9.47 Å². The summed E-state index contributed by atoms with van der Waals surface area (Å²) in [7, 11) is 0. The van der Waals surface area contributed by atoms with Gasteiger partial charge in [0.25, 0.3) is 11.8 Å². The monoisotopic (exact) mass is 376 g/mol. The number of benzene rings is 1. The van der Waals surface area contributed by atoms with Crippen LogP contribution >= 0.6 is 0 Å². The van der Waals surface area contributed by atoms with E-state index < -0.39 is 11.9 Å². The van der Waals surface area contributed by atoms with Crippen LogP contribution in [-0.2, 0) is 14.3 Å². The SMILES string of the molecule is CCOc1ccccc1C(=O)NCC(=O)OCC(=O)N[C@@H]1CCCC[C@H]1C. The van der Waals surface area contributed by atoms with Crippen molar-refractivity contribution in [3.63, 3.8) is 0 Å². The molecule has 2 N–H and O–H groups in total. The Labute approximate surface area is 159 Å². The molecule has 0 radical (unpaired) electrons. The molecule has 1 aromatic rings. The van der Waals surface area contributed by atoms with Crippen molar-refractivity contribution in [3.05, 3.63) is 29.8 Å². The summed E-state index contributed by atoms with van der Waals surface area (Å²) in [5.74, 6) is -0.523. The number of carbonyl (C=O) groups is 3. The lowest BCUT2D eigenvalue weighted by atomic mass is 9.86. The number of nitrogens with one attached hydrogen (secondary N) is 2. The number of para-hydroxylation sites is 1. The van der Waals surface area contributed by atoms with Crippen LogP contribution in [0.25, 0.3) is 0 Å². The predicted molar refractivity (Wildman–Crippen MR) is 100 cm³/mol. The Morgan fingerprint density at radius 2 is 1.89 bits per heavy atom. The van der Waals surface area contributed by atoms with Gasteiger partial charge in [-0.3, -0.25) is 14.4 Å². The maximum absolute atomic E-state index is 12.2. The number of ether oxygens (including phenoxy) is 2. The van der Waals surface area contributed by atoms with E-state index in [9.17, 15) is 14.4 Å². The molecule has 0 aliphatic heterocycles. The first kappa shape index (κ1) is 20.7. The largest absolute Gasteiger partial charge is 0.493 e. The van der Waals surface area contributed by atoms with E-state index in [0.29, 0.717) is 23.8 Å². The lowest BCUT2D eigenvalue weighted by Crippen LogP contribution is -2.43. The minimum Gasteiger partial charge on any atom is -0.493 e. The van der Waals surface area contributed by atoms with Gasteiger partial charge in [-0.25, -0.2) is 0 Å². The summed E-state index contributed by atoms with van der Waals surface area (Å²) < 4.78 is 10.3. The Morgan fingerprint density at radius 3 is 2.63 bits per heavy atom. The van der Waals surface area contributed by atoms with Gasteiger partial charge in [0, 0.05) is 6.04 Å². The van der Waals surface area contributed by atoms with Crippen molar-refractivity contribution in [1.82, 2.24) is 10.6 Å². The highest BCUT2D eigenvalue weighted by molar-refractivity contribution is 5.98. The first-order chi connectivity index (χ1) is 13.0. The van der Waals surface area contributed by atoms with Gasteiger partial charge >= 0.3 is 5.97 Å². The molecule has 7 heteroatoms. The molecule has 0 bridgehead atoms. The quantitative estimate of drug-likeness (QED) is 0.678. The summed E-state index contributed by atoms with van der Waals surface area (Å²) in [6.07, 6.45) is 4.34. The van der Waals surface area contributed by atoms with Crippen molar-refractivity contribution in [1.29, 1.82) is 0 Å². The molecule has 1 fully saturated rings. The fourth-order valence-corrected chi connectivity index (χ4v) is 3.16. The molecule has 2 atom stereocenters. The van der Waals surface area contributed by atoms with E-state index >= 15 is 0 Å². The second kappa shape index (κ2) is 10.5. The fraction of sp³-hybridized carbons (Fsp3) is 0.550. The van der Waals surface area contributed by atoms with Crippen LogP contribution in [0.4, 0.5) is 0 Å². The Hall–Kier alpha value is -2.57. The smallest absolute Gasteiger partial charge is 0.325 e. The van der Waals surface area contributed by atoms with Crippen LogP contribution in [0.1, 0.15) is 49.9 Å². The summed E-state index contributed by atoms with van der Waals surface area (Å²) in [6.45, 7) is 3.72. The molecule has 0 heterocycles. The first-order valence-corrected chi connectivity index (χ1v) is 9.46. The Morgan fingerprint density at radius 1 is 1.15 bits per heavy atom. The Kier molecular flexibility index (Phi) is 8.10. The van der Waals surface area contributed by atoms with Crippen molar-refractivity contribution in [3.8, 4) is 5.75 Å². The van der Waals surface area contributed by atoms with Gasteiger partial charge in [0.05, 0.1) is 12.2 Å². The molecule has 0 aromatic heterocycles. The van der Waals surface area contributed by atoms with Gasteiger partial charge in [0.1, 0.15) is 12.3 Å². The molecule has 1 saturated carbocycles. The van der Waals surface area contributed by atoms with Crippen LogP contribution in [0, 0.1) is 5.92 Å². The number of esters is 1. The lowest BCUT2D eigenvalue weighted by molar-refractivity contribution is -0.147. The fourth-order valence-electron chi connectivity index (χ4n) is 3.16. The second-order valence-electron chi connectivity index (χ2n) is 6.71. The van der Waals surface area contributed by atoms with Crippen LogP contribution in [0.5, 0.6) is 5.75 Å². The summed E-state index contributed by atoms with van der Waals surface area (Å²) >= 11 is 0. The highest BCUT2D eigenvalue weighted by Crippen LogP contribution is 2.23. The third-order valence-corrected chi connectivity index (χ3v) is 4.65. The molecule has 0 unspecified atom stereocenters. The van der Waals surface area contributed by atoms with Crippen LogP contribution in [0.2, 0.25) is 0 Å². The maximum atomic E-state index is 12.2. The van der Waals surface area contributed by atoms with E-state index in [0.717, 1.165) is 19.3 Å². The van der Waals surface area contributed by atoms with Crippen LogP contribution in [-0.4, -0.2) is 43.6 Å². The standard InChI is InChI=1S/C20H28N2O5/c1-3-26-17-11-7-5-9-15(17)20(25)21-12-19(24)27-13-18(23)22-16-10-6-4-8-14(16)2/h5,7,9,11,14,16H,3-4,6,8,10,12-13H2,1-2H3,(H,21,25)(H,22,23)/t14-,16-/m1/s1. The minimum atomic E-state index is -0.663. The molecular formula is C20H28N2O5. The lowest BCUT2D eigenvalue weighted by Gasteiger charge is -2.29. The van der Waals surface area contributed by atoms with Crippen molar-refractivity contribution in [2.45, 2.75) is 45.6 Å². The summed E-state index contributed by atoms with van der Waals surface area (Å²) in [4.78, 5) is 36.0. The third kappa shape index (κ3) is 6.58. The molecule has 2 rings (SSSR count). The molecular weight excluding hydrogens is 348 g/mol. The van der Waals surface area contributed by atoms with E-state index in [-0.39, 0.29) is 25.1 Å². The molecule has 148 valence electrons. The Bertz CT molecular complexity index is 662. The van der Waals surface area contributed by atoms with Crippen LogP contribution in [0.3, 0.4) is 0 Å². The van der Waals surface area contributed by atoms with E-state index in [2.05, 4.69) is 17.6 Å². The normalized spacial score (nSPS) is 19.0. The Balaban J connectivity index is 1.73. The average molecular weight is 376 g/mol. The van der Waals surface area contributed by atoms with Gasteiger partial charge in [-0.05, 0) is 37.8 Å². The van der Waals surface area contributed by atoms with Gasteiger partial charge < -0.3 is 20.1 Å².